The van der Waals surface area contributed by atoms with Gasteiger partial charge in [-0.15, -0.1) is 0 Å². The number of carbonyl (C=O) groups excluding carboxylic acids is 1. The summed E-state index contributed by atoms with van der Waals surface area (Å²) in [7, 11) is 0. The Kier molecular flexibility index (Phi) is 5.64. The first-order valence-electron chi connectivity index (χ1n) is 4.96. The minimum atomic E-state index is -0.215. The first kappa shape index (κ1) is 14.2. The van der Waals surface area contributed by atoms with Crippen LogP contribution in [-0.4, -0.2) is 18.7 Å². The number of hydrogen-bond donors (Lipinski definition) is 1. The van der Waals surface area contributed by atoms with Crippen LogP contribution in [-0.2, 0) is 4.79 Å². The number of hydrazone groups is 1. The van der Waals surface area contributed by atoms with E-state index in [1.54, 1.807) is 6.21 Å². The van der Waals surface area contributed by atoms with Crippen molar-refractivity contribution in [1.29, 1.82) is 0 Å². The molecule has 1 amide bonds. The smallest absolute Gasteiger partial charge is 0.236 e. The van der Waals surface area contributed by atoms with Gasteiger partial charge in [-0.25, -0.2) is 5.43 Å². The van der Waals surface area contributed by atoms with Crippen LogP contribution in [0.4, 0.5) is 0 Å². The third-order valence-corrected chi connectivity index (χ3v) is 2.80. The normalized spacial score (nSPS) is 10.6. The molecule has 0 saturated heterocycles. The van der Waals surface area contributed by atoms with Gasteiger partial charge in [-0.2, -0.15) is 5.10 Å². The minimum absolute atomic E-state index is 0.215. The molecule has 0 aliphatic heterocycles. The van der Waals surface area contributed by atoms with Gasteiger partial charge in [-0.1, -0.05) is 15.9 Å². The lowest BCUT2D eigenvalue weighted by molar-refractivity contribution is -0.118. The Balaban J connectivity index is 3.02. The van der Waals surface area contributed by atoms with Crippen LogP contribution in [0.15, 0.2) is 26.2 Å². The molecule has 0 heterocycles. The number of ether oxygens (including phenoxy) is 1. The van der Waals surface area contributed by atoms with E-state index in [1.807, 2.05) is 19.1 Å². The molecule has 0 fully saturated rings. The summed E-state index contributed by atoms with van der Waals surface area (Å²) >= 11 is 6.80. The maximum absolute atomic E-state index is 10.7. The van der Waals surface area contributed by atoms with Crippen molar-refractivity contribution < 1.29 is 9.53 Å². The summed E-state index contributed by atoms with van der Waals surface area (Å²) in [5.41, 5.74) is 3.13. The van der Waals surface area contributed by atoms with Crippen molar-refractivity contribution in [2.75, 3.05) is 6.61 Å². The van der Waals surface area contributed by atoms with Crippen molar-refractivity contribution in [2.24, 2.45) is 5.10 Å². The lowest BCUT2D eigenvalue weighted by atomic mass is 10.2. The molecular weight excluding hydrogens is 352 g/mol. The Morgan fingerprint density at radius 1 is 1.53 bits per heavy atom. The zero-order chi connectivity index (χ0) is 12.8. The molecule has 0 saturated carbocycles. The average Bonchev–Trinajstić information content (AvgIpc) is 2.22. The molecule has 1 aromatic carbocycles. The molecule has 6 heteroatoms. The highest BCUT2D eigenvalue weighted by molar-refractivity contribution is 9.11. The highest BCUT2D eigenvalue weighted by Crippen LogP contribution is 2.31. The van der Waals surface area contributed by atoms with Crippen molar-refractivity contribution in [3.8, 4) is 5.75 Å². The summed E-state index contributed by atoms with van der Waals surface area (Å²) in [6, 6.07) is 3.75. The fourth-order valence-electron chi connectivity index (χ4n) is 1.17. The van der Waals surface area contributed by atoms with E-state index in [9.17, 15) is 4.79 Å². The summed E-state index contributed by atoms with van der Waals surface area (Å²) < 4.78 is 7.24. The Hall–Kier alpha value is -0.880. The molecule has 0 radical (unpaired) electrons. The van der Waals surface area contributed by atoms with Crippen LogP contribution >= 0.6 is 31.9 Å². The number of nitrogens with zero attached hydrogens (tertiary/aromatic N) is 1. The Bertz CT molecular complexity index is 447. The predicted octanol–water partition coefficient (Wildman–Crippen LogP) is 3.08. The second-order valence-electron chi connectivity index (χ2n) is 3.17. The maximum atomic E-state index is 10.7. The molecule has 92 valence electrons. The minimum Gasteiger partial charge on any atom is -0.492 e. The van der Waals surface area contributed by atoms with Crippen LogP contribution in [0.25, 0.3) is 0 Å². The number of nitrogens with one attached hydrogen (secondary N) is 1. The Labute approximate surface area is 117 Å². The summed E-state index contributed by atoms with van der Waals surface area (Å²) in [5, 5.41) is 3.82. The molecule has 0 unspecified atom stereocenters. The van der Waals surface area contributed by atoms with E-state index < -0.39 is 0 Å². The number of halogens is 2. The van der Waals surface area contributed by atoms with Crippen LogP contribution in [0.2, 0.25) is 0 Å². The first-order chi connectivity index (χ1) is 8.04. The van der Waals surface area contributed by atoms with E-state index in [0.717, 1.165) is 14.5 Å². The van der Waals surface area contributed by atoms with Crippen molar-refractivity contribution in [3.05, 3.63) is 26.6 Å². The largest absolute Gasteiger partial charge is 0.492 e. The molecule has 0 aromatic heterocycles. The van der Waals surface area contributed by atoms with Gasteiger partial charge in [0.05, 0.1) is 17.3 Å². The van der Waals surface area contributed by atoms with Crippen LogP contribution in [0.3, 0.4) is 0 Å². The van der Waals surface area contributed by atoms with Crippen LogP contribution in [0.5, 0.6) is 5.75 Å². The summed E-state index contributed by atoms with van der Waals surface area (Å²) in [6.45, 7) is 3.86. The molecule has 0 bridgehead atoms. The molecule has 0 aliphatic rings. The molecule has 1 aromatic rings. The van der Waals surface area contributed by atoms with Crippen molar-refractivity contribution in [3.63, 3.8) is 0 Å². The molecule has 4 nitrogen and oxygen atoms in total. The lowest BCUT2D eigenvalue weighted by Crippen LogP contribution is -2.12. The number of hydrogen-bond acceptors (Lipinski definition) is 3. The third kappa shape index (κ3) is 4.47. The van der Waals surface area contributed by atoms with Crippen molar-refractivity contribution >= 4 is 44.0 Å². The quantitative estimate of drug-likeness (QED) is 0.660. The number of benzene rings is 1. The van der Waals surface area contributed by atoms with Crippen molar-refractivity contribution in [1.82, 2.24) is 5.43 Å². The third-order valence-electron chi connectivity index (χ3n) is 1.75. The topological polar surface area (TPSA) is 50.7 Å². The molecule has 0 aliphatic carbocycles. The standard InChI is InChI=1S/C11H12Br2N2O2/c1-3-17-11-8(6-14-15-7(2)16)4-9(12)5-10(11)13/h4-6H,3H2,1-2H3,(H,15,16)/b14-6-. The average molecular weight is 364 g/mol. The molecule has 1 N–H and O–H groups in total. The van der Waals surface area contributed by atoms with E-state index >= 15 is 0 Å². The van der Waals surface area contributed by atoms with Gasteiger partial charge in [0.1, 0.15) is 5.75 Å². The fourth-order valence-corrected chi connectivity index (χ4v) is 2.54. The van der Waals surface area contributed by atoms with E-state index in [1.165, 1.54) is 6.92 Å². The van der Waals surface area contributed by atoms with Crippen LogP contribution in [0.1, 0.15) is 19.4 Å². The van der Waals surface area contributed by atoms with Gasteiger partial charge in [0.2, 0.25) is 5.91 Å². The predicted molar refractivity (Wildman–Crippen MR) is 74.4 cm³/mol. The van der Waals surface area contributed by atoms with Gasteiger partial charge in [0.15, 0.2) is 0 Å². The summed E-state index contributed by atoms with van der Waals surface area (Å²) in [6.07, 6.45) is 1.54. The number of carbonyl (C=O) groups is 1. The molecule has 0 atom stereocenters. The first-order valence-corrected chi connectivity index (χ1v) is 6.54. The molecule has 0 spiro atoms. The summed E-state index contributed by atoms with van der Waals surface area (Å²) in [5.74, 6) is 0.484. The Morgan fingerprint density at radius 3 is 2.82 bits per heavy atom. The van der Waals surface area contributed by atoms with Gasteiger partial charge < -0.3 is 4.74 Å². The zero-order valence-corrected chi connectivity index (χ0v) is 12.6. The molecule has 17 heavy (non-hydrogen) atoms. The molecular formula is C11H12Br2N2O2. The van der Waals surface area contributed by atoms with E-state index in [-0.39, 0.29) is 5.91 Å². The SMILES string of the molecule is CCOc1c(Br)cc(Br)cc1/C=N\NC(C)=O. The van der Waals surface area contributed by atoms with Crippen LogP contribution in [0, 0.1) is 0 Å². The van der Waals surface area contributed by atoms with Gasteiger partial charge in [-0.05, 0) is 35.0 Å². The summed E-state index contributed by atoms with van der Waals surface area (Å²) in [4.78, 5) is 10.7. The van der Waals surface area contributed by atoms with E-state index in [4.69, 9.17) is 4.74 Å². The number of amides is 1. The van der Waals surface area contributed by atoms with Gasteiger partial charge in [0, 0.05) is 17.0 Å². The molecule has 1 rings (SSSR count). The van der Waals surface area contributed by atoms with Gasteiger partial charge in [-0.3, -0.25) is 4.79 Å². The zero-order valence-electron chi connectivity index (χ0n) is 9.46. The second kappa shape index (κ2) is 6.76. The Morgan fingerprint density at radius 2 is 2.24 bits per heavy atom. The number of rotatable bonds is 4. The highest BCUT2D eigenvalue weighted by atomic mass is 79.9. The maximum Gasteiger partial charge on any atom is 0.236 e. The monoisotopic (exact) mass is 362 g/mol. The van der Waals surface area contributed by atoms with Crippen LogP contribution < -0.4 is 10.2 Å². The lowest BCUT2D eigenvalue weighted by Gasteiger charge is -2.09. The van der Waals surface area contributed by atoms with Crippen molar-refractivity contribution in [2.45, 2.75) is 13.8 Å². The fraction of sp³-hybridized carbons (Fsp3) is 0.273. The highest BCUT2D eigenvalue weighted by Gasteiger charge is 2.08. The van der Waals surface area contributed by atoms with Gasteiger partial charge >= 0.3 is 0 Å². The van der Waals surface area contributed by atoms with Gasteiger partial charge in [0.25, 0.3) is 0 Å². The second-order valence-corrected chi connectivity index (χ2v) is 4.94. The van der Waals surface area contributed by atoms with E-state index in [2.05, 4.69) is 42.4 Å². The van der Waals surface area contributed by atoms with E-state index in [0.29, 0.717) is 12.4 Å².